The second kappa shape index (κ2) is 7.02. The molecule has 2 aliphatic heterocycles. The van der Waals surface area contributed by atoms with Crippen molar-refractivity contribution in [3.8, 4) is 0 Å². The third kappa shape index (κ3) is 3.69. The Morgan fingerprint density at radius 1 is 1.32 bits per heavy atom. The van der Waals surface area contributed by atoms with Gasteiger partial charge in [0.05, 0.1) is 19.3 Å². The Labute approximate surface area is 117 Å². The molecule has 0 bridgehead atoms. The first kappa shape index (κ1) is 15.2. The van der Waals surface area contributed by atoms with Crippen LogP contribution in [0.15, 0.2) is 0 Å². The Kier molecular flexibility index (Phi) is 5.63. The summed E-state index contributed by atoms with van der Waals surface area (Å²) in [6.45, 7) is 9.21. The Morgan fingerprint density at radius 2 is 2.05 bits per heavy atom. The van der Waals surface area contributed by atoms with Crippen LogP contribution < -0.4 is 5.73 Å². The molecule has 0 aromatic heterocycles. The van der Waals surface area contributed by atoms with Crippen LogP contribution in [0.5, 0.6) is 0 Å². The van der Waals surface area contributed by atoms with Gasteiger partial charge in [-0.25, -0.2) is 0 Å². The van der Waals surface area contributed by atoms with Crippen LogP contribution in [0.2, 0.25) is 0 Å². The van der Waals surface area contributed by atoms with E-state index < -0.39 is 0 Å². The van der Waals surface area contributed by atoms with Crippen molar-refractivity contribution < 1.29 is 9.47 Å². The van der Waals surface area contributed by atoms with Gasteiger partial charge in [-0.1, -0.05) is 6.92 Å². The van der Waals surface area contributed by atoms with E-state index in [4.69, 9.17) is 15.2 Å². The zero-order valence-corrected chi connectivity index (χ0v) is 12.6. The molecule has 0 aromatic carbocycles. The quantitative estimate of drug-likeness (QED) is 0.799. The lowest BCUT2D eigenvalue weighted by Gasteiger charge is -2.46. The molecule has 0 aromatic rings. The van der Waals surface area contributed by atoms with E-state index in [2.05, 4.69) is 18.7 Å². The number of ether oxygens (including phenoxy) is 2. The monoisotopic (exact) mass is 270 g/mol. The Balaban J connectivity index is 1.86. The van der Waals surface area contributed by atoms with Crippen LogP contribution in [-0.4, -0.2) is 55.5 Å². The van der Waals surface area contributed by atoms with Gasteiger partial charge in [0.25, 0.3) is 0 Å². The van der Waals surface area contributed by atoms with Crippen molar-refractivity contribution in [2.75, 3.05) is 32.9 Å². The van der Waals surface area contributed by atoms with E-state index in [0.29, 0.717) is 6.10 Å². The van der Waals surface area contributed by atoms with Crippen molar-refractivity contribution in [1.29, 1.82) is 0 Å². The van der Waals surface area contributed by atoms with Gasteiger partial charge >= 0.3 is 0 Å². The molecular formula is C15H30N2O2. The second-order valence-electron chi connectivity index (χ2n) is 6.13. The minimum Gasteiger partial charge on any atom is -0.379 e. The number of rotatable bonds is 6. The van der Waals surface area contributed by atoms with Crippen molar-refractivity contribution in [2.45, 2.75) is 63.6 Å². The molecule has 3 unspecified atom stereocenters. The predicted octanol–water partition coefficient (Wildman–Crippen LogP) is 1.77. The van der Waals surface area contributed by atoms with Crippen LogP contribution in [0.25, 0.3) is 0 Å². The first-order chi connectivity index (χ1) is 9.16. The molecular weight excluding hydrogens is 240 g/mol. The van der Waals surface area contributed by atoms with E-state index >= 15 is 0 Å². The van der Waals surface area contributed by atoms with Crippen molar-refractivity contribution in [2.24, 2.45) is 5.73 Å². The molecule has 2 aliphatic rings. The third-order valence-electron chi connectivity index (χ3n) is 5.07. The van der Waals surface area contributed by atoms with E-state index in [0.717, 1.165) is 52.2 Å². The summed E-state index contributed by atoms with van der Waals surface area (Å²) < 4.78 is 11.2. The molecule has 0 saturated carbocycles. The van der Waals surface area contributed by atoms with Gasteiger partial charge < -0.3 is 15.2 Å². The summed E-state index contributed by atoms with van der Waals surface area (Å²) in [5, 5.41) is 0. The largest absolute Gasteiger partial charge is 0.379 e. The highest BCUT2D eigenvalue weighted by Crippen LogP contribution is 2.28. The van der Waals surface area contributed by atoms with Crippen LogP contribution in [-0.2, 0) is 9.47 Å². The van der Waals surface area contributed by atoms with Gasteiger partial charge in [-0.2, -0.15) is 0 Å². The zero-order valence-electron chi connectivity index (χ0n) is 12.6. The first-order valence-corrected chi connectivity index (χ1v) is 7.87. The fourth-order valence-corrected chi connectivity index (χ4v) is 3.34. The molecule has 2 heterocycles. The molecule has 2 rings (SSSR count). The van der Waals surface area contributed by atoms with Gasteiger partial charge in [0.2, 0.25) is 0 Å². The molecule has 19 heavy (non-hydrogen) atoms. The summed E-state index contributed by atoms with van der Waals surface area (Å²) in [6.07, 6.45) is 6.16. The topological polar surface area (TPSA) is 47.7 Å². The molecule has 0 spiro atoms. The summed E-state index contributed by atoms with van der Waals surface area (Å²) in [4.78, 5) is 2.52. The second-order valence-corrected chi connectivity index (χ2v) is 6.13. The van der Waals surface area contributed by atoms with Gasteiger partial charge in [0.1, 0.15) is 0 Å². The van der Waals surface area contributed by atoms with E-state index in [1.54, 1.807) is 0 Å². The molecule has 2 N–H and O–H groups in total. The lowest BCUT2D eigenvalue weighted by Crippen LogP contribution is -2.60. The fraction of sp³-hybridized carbons (Fsp3) is 1.00. The van der Waals surface area contributed by atoms with Gasteiger partial charge in [-0.3, -0.25) is 4.90 Å². The summed E-state index contributed by atoms with van der Waals surface area (Å²) in [5.41, 5.74) is 6.63. The third-order valence-corrected chi connectivity index (χ3v) is 5.07. The first-order valence-electron chi connectivity index (χ1n) is 7.87. The molecule has 0 radical (unpaired) electrons. The SMILES string of the molecule is CCC(C)(C(N)CCC1CCCO1)N1CCOCC1. The van der Waals surface area contributed by atoms with Crippen LogP contribution in [0.4, 0.5) is 0 Å². The zero-order chi connectivity index (χ0) is 13.7. The molecule has 112 valence electrons. The van der Waals surface area contributed by atoms with Crippen LogP contribution >= 0.6 is 0 Å². The summed E-state index contributed by atoms with van der Waals surface area (Å²) >= 11 is 0. The Morgan fingerprint density at radius 3 is 2.63 bits per heavy atom. The van der Waals surface area contributed by atoms with E-state index in [1.807, 2.05) is 0 Å². The van der Waals surface area contributed by atoms with E-state index in [1.165, 1.54) is 12.8 Å². The Bertz CT molecular complexity index is 263. The molecule has 0 aliphatic carbocycles. The maximum Gasteiger partial charge on any atom is 0.0594 e. The normalized spacial score (nSPS) is 30.2. The van der Waals surface area contributed by atoms with Crippen molar-refractivity contribution >= 4 is 0 Å². The average Bonchev–Trinajstić information content (AvgIpc) is 2.98. The van der Waals surface area contributed by atoms with Crippen LogP contribution in [0.1, 0.15) is 46.0 Å². The molecule has 4 heteroatoms. The minimum atomic E-state index is 0.0996. The van der Waals surface area contributed by atoms with Crippen LogP contribution in [0.3, 0.4) is 0 Å². The molecule has 2 fully saturated rings. The number of nitrogens with two attached hydrogens (primary N) is 1. The van der Waals surface area contributed by atoms with Crippen molar-refractivity contribution in [3.63, 3.8) is 0 Å². The molecule has 2 saturated heterocycles. The van der Waals surface area contributed by atoms with Crippen LogP contribution in [0, 0.1) is 0 Å². The van der Waals surface area contributed by atoms with Crippen molar-refractivity contribution in [1.82, 2.24) is 4.90 Å². The Hall–Kier alpha value is -0.160. The summed E-state index contributed by atoms with van der Waals surface area (Å²) in [7, 11) is 0. The smallest absolute Gasteiger partial charge is 0.0594 e. The fourth-order valence-electron chi connectivity index (χ4n) is 3.34. The highest BCUT2D eigenvalue weighted by Gasteiger charge is 2.37. The standard InChI is InChI=1S/C15H30N2O2/c1-3-15(2,17-8-11-18-12-9-17)14(16)7-6-13-5-4-10-19-13/h13-14H,3-12,16H2,1-2H3. The molecule has 4 nitrogen and oxygen atoms in total. The lowest BCUT2D eigenvalue weighted by molar-refractivity contribution is -0.0299. The molecule has 0 amide bonds. The maximum absolute atomic E-state index is 6.53. The minimum absolute atomic E-state index is 0.0996. The highest BCUT2D eigenvalue weighted by atomic mass is 16.5. The molecule has 3 atom stereocenters. The maximum atomic E-state index is 6.53. The number of morpholine rings is 1. The predicted molar refractivity (Wildman–Crippen MR) is 77.3 cm³/mol. The summed E-state index contributed by atoms with van der Waals surface area (Å²) in [6, 6.07) is 0.222. The number of hydrogen-bond donors (Lipinski definition) is 1. The van der Waals surface area contributed by atoms with Gasteiger partial charge in [0, 0.05) is 31.3 Å². The number of nitrogens with zero attached hydrogens (tertiary/aromatic N) is 1. The average molecular weight is 270 g/mol. The highest BCUT2D eigenvalue weighted by molar-refractivity contribution is 4.95. The van der Waals surface area contributed by atoms with E-state index in [-0.39, 0.29) is 11.6 Å². The van der Waals surface area contributed by atoms with Crippen molar-refractivity contribution in [3.05, 3.63) is 0 Å². The summed E-state index contributed by atoms with van der Waals surface area (Å²) in [5.74, 6) is 0. The number of hydrogen-bond acceptors (Lipinski definition) is 4. The van der Waals surface area contributed by atoms with E-state index in [9.17, 15) is 0 Å². The van der Waals surface area contributed by atoms with Gasteiger partial charge in [-0.05, 0) is 39.0 Å². The van der Waals surface area contributed by atoms with Gasteiger partial charge in [0.15, 0.2) is 0 Å². The van der Waals surface area contributed by atoms with Gasteiger partial charge in [-0.15, -0.1) is 0 Å². The lowest BCUT2D eigenvalue weighted by atomic mass is 9.84.